The van der Waals surface area contributed by atoms with Crippen LogP contribution in [-0.4, -0.2) is 25.7 Å². The Bertz CT molecular complexity index is 114. The van der Waals surface area contributed by atoms with Crippen LogP contribution < -0.4 is 10.6 Å². The largest absolute Gasteiger partial charge is 0.357 e. The predicted molar refractivity (Wildman–Crippen MR) is 51.0 cm³/mol. The van der Waals surface area contributed by atoms with E-state index in [0.717, 1.165) is 12.6 Å². The fourth-order valence-electron chi connectivity index (χ4n) is 2.33. The van der Waals surface area contributed by atoms with Gasteiger partial charge in [-0.15, -0.1) is 0 Å². The van der Waals surface area contributed by atoms with E-state index in [1.54, 1.807) is 0 Å². The Hall–Kier alpha value is -0.0800. The third-order valence-electron chi connectivity index (χ3n) is 3.12. The zero-order chi connectivity index (χ0) is 8.81. The van der Waals surface area contributed by atoms with Crippen molar-refractivity contribution in [3.63, 3.8) is 0 Å². The van der Waals surface area contributed by atoms with Crippen LogP contribution >= 0.6 is 0 Å². The van der Waals surface area contributed by atoms with Crippen molar-refractivity contribution in [2.75, 3.05) is 19.6 Å². The zero-order valence-electron chi connectivity index (χ0n) is 8.44. The Kier molecular flexibility index (Phi) is 4.62. The summed E-state index contributed by atoms with van der Waals surface area (Å²) >= 11 is 0. The summed E-state index contributed by atoms with van der Waals surface area (Å²) in [4.78, 5) is 1.85. The van der Waals surface area contributed by atoms with Gasteiger partial charge in [0.15, 0.2) is 0 Å². The zero-order valence-corrected chi connectivity index (χ0v) is 8.44. The van der Waals surface area contributed by atoms with Crippen molar-refractivity contribution in [1.82, 2.24) is 0 Å². The Labute approximate surface area is 76.1 Å². The molecule has 12 heavy (non-hydrogen) atoms. The minimum absolute atomic E-state index is 0.963. The molecule has 0 bridgehead atoms. The first-order chi connectivity index (χ1) is 5.88. The molecule has 1 saturated heterocycles. The lowest BCUT2D eigenvalue weighted by molar-refractivity contribution is -0.931. The molecule has 0 saturated carbocycles. The maximum Gasteiger partial charge on any atom is 0.0872 e. The second kappa shape index (κ2) is 5.55. The Morgan fingerprint density at radius 3 is 2.92 bits per heavy atom. The van der Waals surface area contributed by atoms with Crippen LogP contribution in [0, 0.1) is 0 Å². The van der Waals surface area contributed by atoms with E-state index in [-0.39, 0.29) is 0 Å². The summed E-state index contributed by atoms with van der Waals surface area (Å²) in [5, 5.41) is 0. The number of quaternary nitrogens is 2. The van der Waals surface area contributed by atoms with Crippen molar-refractivity contribution in [3.05, 3.63) is 0 Å². The van der Waals surface area contributed by atoms with Gasteiger partial charge in [0.25, 0.3) is 0 Å². The first-order valence-corrected chi connectivity index (χ1v) is 5.52. The van der Waals surface area contributed by atoms with Gasteiger partial charge in [0.2, 0.25) is 0 Å². The molecule has 0 aromatic heterocycles. The van der Waals surface area contributed by atoms with Gasteiger partial charge < -0.3 is 10.6 Å². The van der Waals surface area contributed by atoms with Gasteiger partial charge in [-0.3, -0.25) is 0 Å². The maximum atomic E-state index is 3.91. The molecule has 0 spiro atoms. The number of piperidine rings is 1. The summed E-state index contributed by atoms with van der Waals surface area (Å²) in [6, 6.07) is 0.963. The first-order valence-electron chi connectivity index (χ1n) is 5.52. The summed E-state index contributed by atoms with van der Waals surface area (Å²) < 4.78 is 0. The fraction of sp³-hybridized carbons (Fsp3) is 1.00. The highest BCUT2D eigenvalue weighted by Gasteiger charge is 2.23. The van der Waals surface area contributed by atoms with Gasteiger partial charge in [-0.05, 0) is 25.7 Å². The lowest BCUT2D eigenvalue weighted by atomic mass is 10.00. The lowest BCUT2D eigenvalue weighted by Gasteiger charge is -2.31. The van der Waals surface area contributed by atoms with Crippen LogP contribution in [0.2, 0.25) is 0 Å². The molecule has 2 heteroatoms. The predicted octanol–water partition coefficient (Wildman–Crippen LogP) is -0.534. The molecule has 0 aliphatic carbocycles. The minimum Gasteiger partial charge on any atom is -0.357 e. The molecule has 0 radical (unpaired) electrons. The van der Waals surface area contributed by atoms with Crippen molar-refractivity contribution in [3.8, 4) is 0 Å². The molecule has 2 atom stereocenters. The summed E-state index contributed by atoms with van der Waals surface area (Å²) in [5.41, 5.74) is 3.91. The molecule has 4 N–H and O–H groups in total. The van der Waals surface area contributed by atoms with Crippen LogP contribution in [0.1, 0.15) is 39.0 Å². The summed E-state index contributed by atoms with van der Waals surface area (Å²) in [6.45, 7) is 6.22. The van der Waals surface area contributed by atoms with E-state index in [4.69, 9.17) is 0 Å². The normalized spacial score (nSPS) is 30.5. The molecule has 0 amide bonds. The minimum atomic E-state index is 0.963. The monoisotopic (exact) mass is 172 g/mol. The topological polar surface area (TPSA) is 32.1 Å². The summed E-state index contributed by atoms with van der Waals surface area (Å²) in [5.74, 6) is 0. The van der Waals surface area contributed by atoms with Crippen LogP contribution in [-0.2, 0) is 0 Å². The Morgan fingerprint density at radius 2 is 2.25 bits per heavy atom. The van der Waals surface area contributed by atoms with E-state index in [2.05, 4.69) is 12.7 Å². The van der Waals surface area contributed by atoms with Gasteiger partial charge in [0, 0.05) is 6.42 Å². The molecule has 1 unspecified atom stereocenters. The molecule has 72 valence electrons. The van der Waals surface area contributed by atoms with Crippen molar-refractivity contribution in [1.29, 1.82) is 0 Å². The van der Waals surface area contributed by atoms with Crippen molar-refractivity contribution < 1.29 is 10.6 Å². The molecule has 1 fully saturated rings. The molecule has 1 heterocycles. The number of rotatable bonds is 4. The van der Waals surface area contributed by atoms with Crippen LogP contribution in [0.4, 0.5) is 0 Å². The average Bonchev–Trinajstić information content (AvgIpc) is 2.15. The Balaban J connectivity index is 2.26. The highest BCUT2D eigenvalue weighted by Crippen LogP contribution is 2.05. The highest BCUT2D eigenvalue weighted by molar-refractivity contribution is 4.59. The summed E-state index contributed by atoms with van der Waals surface area (Å²) in [7, 11) is 0. The third kappa shape index (κ3) is 2.76. The maximum absolute atomic E-state index is 3.91. The van der Waals surface area contributed by atoms with Gasteiger partial charge in [0.1, 0.15) is 0 Å². The molecular weight excluding hydrogens is 148 g/mol. The fourth-order valence-corrected chi connectivity index (χ4v) is 2.33. The molecule has 1 aliphatic rings. The van der Waals surface area contributed by atoms with Crippen LogP contribution in [0.3, 0.4) is 0 Å². The van der Waals surface area contributed by atoms with Gasteiger partial charge in [-0.1, -0.05) is 6.92 Å². The molecule has 1 rings (SSSR count). The molecule has 2 nitrogen and oxygen atoms in total. The van der Waals surface area contributed by atoms with Gasteiger partial charge in [-0.25, -0.2) is 0 Å². The molecule has 1 aliphatic heterocycles. The standard InChI is InChI=1S/C10H22N2/c1-2-10-6-3-4-8-12(10)9-5-7-11/h10H,2-9,11H2,1H3/p+2/t10-/m0/s1. The molecule has 0 aromatic rings. The van der Waals surface area contributed by atoms with Gasteiger partial charge in [0.05, 0.1) is 25.7 Å². The SMILES string of the molecule is CC[C@H]1CCCC[NH+]1CCC[NH3+]. The van der Waals surface area contributed by atoms with E-state index < -0.39 is 0 Å². The van der Waals surface area contributed by atoms with E-state index in [1.807, 2.05) is 4.90 Å². The van der Waals surface area contributed by atoms with E-state index >= 15 is 0 Å². The Morgan fingerprint density at radius 1 is 1.42 bits per heavy atom. The molecular formula is C10H24N2+2. The molecule has 0 aromatic carbocycles. The van der Waals surface area contributed by atoms with E-state index in [9.17, 15) is 0 Å². The quantitative estimate of drug-likeness (QED) is 0.571. The van der Waals surface area contributed by atoms with E-state index in [0.29, 0.717) is 0 Å². The van der Waals surface area contributed by atoms with Gasteiger partial charge >= 0.3 is 0 Å². The summed E-state index contributed by atoms with van der Waals surface area (Å²) in [6.07, 6.45) is 7.05. The second-order valence-corrected chi connectivity index (χ2v) is 3.97. The third-order valence-corrected chi connectivity index (χ3v) is 3.12. The van der Waals surface area contributed by atoms with Crippen LogP contribution in [0.5, 0.6) is 0 Å². The lowest BCUT2D eigenvalue weighted by Crippen LogP contribution is -3.16. The second-order valence-electron chi connectivity index (χ2n) is 3.97. The average molecular weight is 172 g/mol. The number of hydrogen-bond acceptors (Lipinski definition) is 0. The van der Waals surface area contributed by atoms with Crippen molar-refractivity contribution in [2.24, 2.45) is 0 Å². The van der Waals surface area contributed by atoms with Crippen LogP contribution in [0.25, 0.3) is 0 Å². The van der Waals surface area contributed by atoms with Gasteiger partial charge in [-0.2, -0.15) is 0 Å². The first kappa shape index (κ1) is 10.0. The number of likely N-dealkylation sites (tertiary alicyclic amines) is 1. The van der Waals surface area contributed by atoms with E-state index in [1.165, 1.54) is 45.2 Å². The van der Waals surface area contributed by atoms with Crippen molar-refractivity contribution >= 4 is 0 Å². The highest BCUT2D eigenvalue weighted by atomic mass is 15.2. The number of nitrogens with one attached hydrogen (secondary N) is 1. The van der Waals surface area contributed by atoms with Crippen molar-refractivity contribution in [2.45, 2.75) is 45.1 Å². The van der Waals surface area contributed by atoms with Crippen LogP contribution in [0.15, 0.2) is 0 Å². The smallest absolute Gasteiger partial charge is 0.0872 e. The number of hydrogen-bond donors (Lipinski definition) is 2.